The first-order valence-corrected chi connectivity index (χ1v) is 11.7. The van der Waals surface area contributed by atoms with E-state index < -0.39 is 36.1 Å². The first kappa shape index (κ1) is 25.3. The van der Waals surface area contributed by atoms with E-state index in [0.717, 1.165) is 22.3 Å². The minimum atomic E-state index is -1.10. The fraction of sp³-hybridized carbons (Fsp3) is 0.444. The molecule has 2 aromatic carbocycles. The molecule has 0 radical (unpaired) electrons. The minimum absolute atomic E-state index is 0.0889. The molecule has 0 fully saturated rings. The molecule has 0 saturated heterocycles. The highest BCUT2D eigenvalue weighted by Gasteiger charge is 2.37. The summed E-state index contributed by atoms with van der Waals surface area (Å²) in [6.07, 6.45) is -0.0600. The molecule has 2 atom stereocenters. The van der Waals surface area contributed by atoms with E-state index in [2.05, 4.69) is 17.4 Å². The number of fused-ring (bicyclic) bond motifs is 3. The van der Waals surface area contributed by atoms with Crippen molar-refractivity contribution in [2.24, 2.45) is 5.92 Å². The summed E-state index contributed by atoms with van der Waals surface area (Å²) in [5.74, 6) is -1.83. The molecule has 3 rings (SSSR count). The van der Waals surface area contributed by atoms with Gasteiger partial charge >= 0.3 is 12.1 Å². The Morgan fingerprint density at radius 3 is 2.03 bits per heavy atom. The lowest BCUT2D eigenvalue weighted by molar-refractivity contribution is -0.150. The van der Waals surface area contributed by atoms with Crippen LogP contribution < -0.4 is 5.32 Å². The maximum atomic E-state index is 13.3. The highest BCUT2D eigenvalue weighted by Crippen LogP contribution is 2.44. The zero-order valence-corrected chi connectivity index (χ0v) is 20.5. The lowest BCUT2D eigenvalue weighted by atomic mass is 9.95. The maximum absolute atomic E-state index is 13.3. The largest absolute Gasteiger partial charge is 0.480 e. The van der Waals surface area contributed by atoms with Gasteiger partial charge in [-0.25, -0.2) is 4.79 Å². The minimum Gasteiger partial charge on any atom is -0.480 e. The monoisotopic (exact) mass is 466 g/mol. The average Bonchev–Trinajstić information content (AvgIpc) is 3.11. The number of ether oxygens (including phenoxy) is 1. The van der Waals surface area contributed by atoms with Gasteiger partial charge in [0.2, 0.25) is 5.91 Å². The highest BCUT2D eigenvalue weighted by atomic mass is 16.5. The second-order valence-electron chi connectivity index (χ2n) is 9.82. The van der Waals surface area contributed by atoms with Gasteiger partial charge in [-0.2, -0.15) is 0 Å². The van der Waals surface area contributed by atoms with Crippen molar-refractivity contribution < 1.29 is 24.2 Å². The van der Waals surface area contributed by atoms with Crippen LogP contribution in [0.2, 0.25) is 0 Å². The quantitative estimate of drug-likeness (QED) is 0.590. The smallest absolute Gasteiger partial charge is 0.407 e. The number of aliphatic carboxylic acids is 1. The molecular weight excluding hydrogens is 432 g/mol. The van der Waals surface area contributed by atoms with E-state index in [1.807, 2.05) is 50.2 Å². The van der Waals surface area contributed by atoms with Crippen LogP contribution in [0.25, 0.3) is 11.1 Å². The Labute approximate surface area is 201 Å². The van der Waals surface area contributed by atoms with Crippen LogP contribution >= 0.6 is 0 Å². The molecule has 0 spiro atoms. The topological polar surface area (TPSA) is 95.9 Å². The molecule has 2 aromatic rings. The Bertz CT molecular complexity index is 1010. The second kappa shape index (κ2) is 10.3. The molecule has 182 valence electrons. The Kier molecular flexibility index (Phi) is 7.64. The third-order valence-corrected chi connectivity index (χ3v) is 6.47. The van der Waals surface area contributed by atoms with Gasteiger partial charge in [0.1, 0.15) is 19.2 Å². The first-order valence-electron chi connectivity index (χ1n) is 11.7. The van der Waals surface area contributed by atoms with Crippen LogP contribution in [0.15, 0.2) is 48.5 Å². The predicted molar refractivity (Wildman–Crippen MR) is 131 cm³/mol. The van der Waals surface area contributed by atoms with Crippen molar-refractivity contribution in [3.05, 3.63) is 59.7 Å². The van der Waals surface area contributed by atoms with Gasteiger partial charge in [-0.3, -0.25) is 9.59 Å². The molecule has 0 saturated carbocycles. The fourth-order valence-electron chi connectivity index (χ4n) is 4.40. The van der Waals surface area contributed by atoms with Crippen LogP contribution in [0, 0.1) is 5.92 Å². The molecular formula is C27H34N2O5. The summed E-state index contributed by atoms with van der Waals surface area (Å²) in [7, 11) is 0. The average molecular weight is 467 g/mol. The van der Waals surface area contributed by atoms with Crippen LogP contribution in [0.1, 0.15) is 58.1 Å². The second-order valence-corrected chi connectivity index (χ2v) is 9.82. The molecule has 0 bridgehead atoms. The number of alkyl carbamates (subject to hydrolysis) is 1. The summed E-state index contributed by atoms with van der Waals surface area (Å²) in [5, 5.41) is 12.0. The number of carbonyl (C=O) groups is 3. The molecule has 0 aromatic heterocycles. The third kappa shape index (κ3) is 5.41. The zero-order chi connectivity index (χ0) is 25.0. The van der Waals surface area contributed by atoms with E-state index >= 15 is 0 Å². The van der Waals surface area contributed by atoms with Crippen LogP contribution in [0.3, 0.4) is 0 Å². The fourth-order valence-corrected chi connectivity index (χ4v) is 4.40. The standard InChI is InChI=1S/C27H34N2O5/c1-6-17(2)24(25(32)29(15-23(30)31)27(3,4)5)28-26(33)34-16-22-20-13-9-7-11-18(20)19-12-8-10-14-21(19)22/h7-14,17,22,24H,6,15-16H2,1-5H3,(H,28,33)(H,30,31)/t17-,24-/m0/s1. The molecule has 0 heterocycles. The number of hydrogen-bond acceptors (Lipinski definition) is 4. The summed E-state index contributed by atoms with van der Waals surface area (Å²) in [4.78, 5) is 38.9. The SMILES string of the molecule is CC[C@H](C)[C@H](NC(=O)OCC1c2ccccc2-c2ccccc21)C(=O)N(CC(=O)O)C(C)(C)C. The number of carboxylic acid groups (broad SMARTS) is 1. The molecule has 7 heteroatoms. The molecule has 2 N–H and O–H groups in total. The van der Waals surface area contributed by atoms with Gasteiger partial charge in [-0.15, -0.1) is 0 Å². The molecule has 34 heavy (non-hydrogen) atoms. The molecule has 0 aliphatic heterocycles. The van der Waals surface area contributed by atoms with Crippen molar-refractivity contribution in [2.45, 2.75) is 58.5 Å². The van der Waals surface area contributed by atoms with Crippen molar-refractivity contribution in [1.82, 2.24) is 10.2 Å². The highest BCUT2D eigenvalue weighted by molar-refractivity contribution is 5.89. The van der Waals surface area contributed by atoms with E-state index in [-0.39, 0.29) is 18.4 Å². The summed E-state index contributed by atoms with van der Waals surface area (Å²) in [6.45, 7) is 8.79. The number of nitrogens with one attached hydrogen (secondary N) is 1. The van der Waals surface area contributed by atoms with Crippen molar-refractivity contribution in [3.63, 3.8) is 0 Å². The summed E-state index contributed by atoms with van der Waals surface area (Å²) < 4.78 is 5.62. The number of benzene rings is 2. The van der Waals surface area contributed by atoms with E-state index in [1.165, 1.54) is 4.90 Å². The molecule has 7 nitrogen and oxygen atoms in total. The van der Waals surface area contributed by atoms with Crippen molar-refractivity contribution in [1.29, 1.82) is 0 Å². The summed E-state index contributed by atoms with van der Waals surface area (Å²) >= 11 is 0. The van der Waals surface area contributed by atoms with E-state index in [9.17, 15) is 19.5 Å². The molecule has 2 amide bonds. The zero-order valence-electron chi connectivity index (χ0n) is 20.5. The molecule has 1 aliphatic carbocycles. The number of carboxylic acids is 1. The van der Waals surface area contributed by atoms with Gasteiger partial charge in [-0.05, 0) is 48.9 Å². The lowest BCUT2D eigenvalue weighted by Crippen LogP contribution is -2.58. The van der Waals surface area contributed by atoms with Gasteiger partial charge in [-0.1, -0.05) is 68.8 Å². The Hall–Kier alpha value is -3.35. The summed E-state index contributed by atoms with van der Waals surface area (Å²) in [6, 6.07) is 15.2. The van der Waals surface area contributed by atoms with Gasteiger partial charge < -0.3 is 20.1 Å². The van der Waals surface area contributed by atoms with Crippen molar-refractivity contribution in [2.75, 3.05) is 13.2 Å². The normalized spacial score (nSPS) is 14.5. The number of amides is 2. The van der Waals surface area contributed by atoms with E-state index in [1.54, 1.807) is 20.8 Å². The van der Waals surface area contributed by atoms with Crippen molar-refractivity contribution in [3.8, 4) is 11.1 Å². The van der Waals surface area contributed by atoms with Gasteiger partial charge in [0.25, 0.3) is 0 Å². The summed E-state index contributed by atoms with van der Waals surface area (Å²) in [5.41, 5.74) is 3.76. The van der Waals surface area contributed by atoms with Crippen LogP contribution in [0.4, 0.5) is 4.79 Å². The van der Waals surface area contributed by atoms with Gasteiger partial charge in [0, 0.05) is 11.5 Å². The molecule has 0 unspecified atom stereocenters. The van der Waals surface area contributed by atoms with E-state index in [0.29, 0.717) is 6.42 Å². The van der Waals surface area contributed by atoms with Crippen LogP contribution in [-0.4, -0.2) is 52.7 Å². The lowest BCUT2D eigenvalue weighted by Gasteiger charge is -2.38. The Morgan fingerprint density at radius 1 is 1.03 bits per heavy atom. The Balaban J connectivity index is 1.75. The predicted octanol–water partition coefficient (Wildman–Crippen LogP) is 4.65. The van der Waals surface area contributed by atoms with Crippen LogP contribution in [-0.2, 0) is 14.3 Å². The number of nitrogens with zero attached hydrogens (tertiary/aromatic N) is 1. The van der Waals surface area contributed by atoms with E-state index in [4.69, 9.17) is 4.74 Å². The van der Waals surface area contributed by atoms with Crippen molar-refractivity contribution >= 4 is 18.0 Å². The number of hydrogen-bond donors (Lipinski definition) is 2. The Morgan fingerprint density at radius 2 is 1.56 bits per heavy atom. The third-order valence-electron chi connectivity index (χ3n) is 6.47. The molecule has 1 aliphatic rings. The maximum Gasteiger partial charge on any atom is 0.407 e. The van der Waals surface area contributed by atoms with Crippen LogP contribution in [0.5, 0.6) is 0 Å². The van der Waals surface area contributed by atoms with Gasteiger partial charge in [0.15, 0.2) is 0 Å². The first-order chi connectivity index (χ1) is 16.0. The number of carbonyl (C=O) groups excluding carboxylic acids is 2. The van der Waals surface area contributed by atoms with Gasteiger partial charge in [0.05, 0.1) is 0 Å². The number of rotatable bonds is 8.